The highest BCUT2D eigenvalue weighted by Crippen LogP contribution is 2.17. The highest BCUT2D eigenvalue weighted by Gasteiger charge is 1.98. The lowest BCUT2D eigenvalue weighted by Crippen LogP contribution is -1.86. The zero-order valence-electron chi connectivity index (χ0n) is 9.68. The van der Waals surface area contributed by atoms with Gasteiger partial charge in [0.25, 0.3) is 0 Å². The molecule has 0 bridgehead atoms. The van der Waals surface area contributed by atoms with Crippen molar-refractivity contribution in [1.82, 2.24) is 9.55 Å². The van der Waals surface area contributed by atoms with Crippen LogP contribution < -0.4 is 0 Å². The summed E-state index contributed by atoms with van der Waals surface area (Å²) >= 11 is 0. The zero-order valence-corrected chi connectivity index (χ0v) is 9.68. The lowest BCUT2D eigenvalue weighted by atomic mass is 10.2. The molecule has 0 saturated heterocycles. The Kier molecular flexibility index (Phi) is 2.81. The summed E-state index contributed by atoms with van der Waals surface area (Å²) in [4.78, 5) is 4.25. The third-order valence-corrected chi connectivity index (χ3v) is 2.40. The van der Waals surface area contributed by atoms with Gasteiger partial charge in [-0.2, -0.15) is 0 Å². The van der Waals surface area contributed by atoms with Crippen LogP contribution in [0.2, 0.25) is 0 Å². The molecular formula is C12H14N4. The first-order valence-corrected chi connectivity index (χ1v) is 5.13. The van der Waals surface area contributed by atoms with Crippen LogP contribution in [0.25, 0.3) is 0 Å². The number of rotatable bonds is 2. The Bertz CT molecular complexity index is 489. The van der Waals surface area contributed by atoms with Crippen LogP contribution in [-0.2, 0) is 7.05 Å². The van der Waals surface area contributed by atoms with Crippen molar-refractivity contribution in [3.8, 4) is 0 Å². The maximum atomic E-state index is 4.25. The smallest absolute Gasteiger partial charge is 0.192 e. The Labute approximate surface area is 94.7 Å². The van der Waals surface area contributed by atoms with Gasteiger partial charge in [0.05, 0.1) is 11.9 Å². The second-order valence-electron chi connectivity index (χ2n) is 3.79. The summed E-state index contributed by atoms with van der Waals surface area (Å²) in [5.41, 5.74) is 2.06. The van der Waals surface area contributed by atoms with Crippen LogP contribution in [0.15, 0.2) is 40.7 Å². The van der Waals surface area contributed by atoms with Crippen LogP contribution in [0.1, 0.15) is 11.4 Å². The van der Waals surface area contributed by atoms with E-state index in [1.165, 1.54) is 5.56 Å². The molecule has 0 aliphatic carbocycles. The molecule has 4 nitrogen and oxygen atoms in total. The van der Waals surface area contributed by atoms with E-state index in [-0.39, 0.29) is 0 Å². The molecule has 0 aliphatic heterocycles. The van der Waals surface area contributed by atoms with Gasteiger partial charge in [-0.15, -0.1) is 10.2 Å². The molecule has 0 unspecified atom stereocenters. The molecule has 0 fully saturated rings. The second kappa shape index (κ2) is 4.26. The van der Waals surface area contributed by atoms with Gasteiger partial charge in [0, 0.05) is 7.05 Å². The minimum absolute atomic E-state index is 0.639. The molecule has 2 aromatic rings. The van der Waals surface area contributed by atoms with Crippen LogP contribution in [0, 0.1) is 13.8 Å². The number of hydrogen-bond donors (Lipinski definition) is 0. The van der Waals surface area contributed by atoms with Crippen molar-refractivity contribution in [2.45, 2.75) is 13.8 Å². The lowest BCUT2D eigenvalue weighted by Gasteiger charge is -1.92. The third kappa shape index (κ3) is 2.34. The van der Waals surface area contributed by atoms with E-state index in [1.54, 1.807) is 0 Å². The first kappa shape index (κ1) is 10.5. The molecule has 4 heteroatoms. The fraction of sp³-hybridized carbons (Fsp3) is 0.250. The molecule has 82 valence electrons. The SMILES string of the molecule is Cc1ccc(N=Nc2cn(C)c(C)n2)cc1. The van der Waals surface area contributed by atoms with E-state index >= 15 is 0 Å². The van der Waals surface area contributed by atoms with E-state index in [4.69, 9.17) is 0 Å². The van der Waals surface area contributed by atoms with E-state index in [0.29, 0.717) is 5.82 Å². The van der Waals surface area contributed by atoms with Gasteiger partial charge in [-0.25, -0.2) is 4.98 Å². The summed E-state index contributed by atoms with van der Waals surface area (Å²) in [6, 6.07) is 7.90. The number of hydrogen-bond acceptors (Lipinski definition) is 3. The van der Waals surface area contributed by atoms with Crippen LogP contribution in [0.5, 0.6) is 0 Å². The fourth-order valence-corrected chi connectivity index (χ4v) is 1.31. The molecule has 0 spiro atoms. The van der Waals surface area contributed by atoms with E-state index in [1.807, 2.05) is 55.9 Å². The number of aromatic nitrogens is 2. The summed E-state index contributed by atoms with van der Waals surface area (Å²) < 4.78 is 1.92. The number of nitrogens with zero attached hydrogens (tertiary/aromatic N) is 4. The molecule has 0 aliphatic rings. The maximum Gasteiger partial charge on any atom is 0.192 e. The maximum absolute atomic E-state index is 4.25. The van der Waals surface area contributed by atoms with Crippen molar-refractivity contribution in [1.29, 1.82) is 0 Å². The highest BCUT2D eigenvalue weighted by molar-refractivity contribution is 5.38. The second-order valence-corrected chi connectivity index (χ2v) is 3.79. The molecule has 1 aromatic carbocycles. The Hall–Kier alpha value is -1.97. The van der Waals surface area contributed by atoms with E-state index < -0.39 is 0 Å². The molecule has 0 N–H and O–H groups in total. The normalized spacial score (nSPS) is 11.2. The molecular weight excluding hydrogens is 200 g/mol. The topological polar surface area (TPSA) is 42.5 Å². The molecule has 16 heavy (non-hydrogen) atoms. The third-order valence-electron chi connectivity index (χ3n) is 2.40. The average Bonchev–Trinajstić information content (AvgIpc) is 2.58. The van der Waals surface area contributed by atoms with Gasteiger partial charge in [0.15, 0.2) is 5.82 Å². The van der Waals surface area contributed by atoms with Gasteiger partial charge in [-0.05, 0) is 26.0 Å². The predicted molar refractivity (Wildman–Crippen MR) is 63.3 cm³/mol. The Morgan fingerprint density at radius 3 is 2.31 bits per heavy atom. The van der Waals surface area contributed by atoms with Gasteiger partial charge in [0.2, 0.25) is 0 Å². The van der Waals surface area contributed by atoms with Crippen LogP contribution in [0.4, 0.5) is 11.5 Å². The van der Waals surface area contributed by atoms with Crippen molar-refractivity contribution in [2.75, 3.05) is 0 Å². The van der Waals surface area contributed by atoms with Gasteiger partial charge < -0.3 is 4.57 Å². The fourth-order valence-electron chi connectivity index (χ4n) is 1.31. The quantitative estimate of drug-likeness (QED) is 0.706. The predicted octanol–water partition coefficient (Wildman–Crippen LogP) is 3.45. The van der Waals surface area contributed by atoms with Crippen molar-refractivity contribution >= 4 is 11.5 Å². The van der Waals surface area contributed by atoms with Crippen LogP contribution in [0.3, 0.4) is 0 Å². The van der Waals surface area contributed by atoms with Crippen molar-refractivity contribution in [3.05, 3.63) is 41.9 Å². The molecule has 1 heterocycles. The Morgan fingerprint density at radius 2 is 1.75 bits per heavy atom. The molecule has 0 atom stereocenters. The molecule has 2 rings (SSSR count). The van der Waals surface area contributed by atoms with Crippen molar-refractivity contribution in [2.24, 2.45) is 17.3 Å². The lowest BCUT2D eigenvalue weighted by molar-refractivity contribution is 0.858. The summed E-state index contributed by atoms with van der Waals surface area (Å²) in [5.74, 6) is 1.57. The number of aryl methyl sites for hydroxylation is 3. The zero-order chi connectivity index (χ0) is 11.5. The van der Waals surface area contributed by atoms with Gasteiger partial charge in [0.1, 0.15) is 5.82 Å². The first-order chi connectivity index (χ1) is 7.65. The molecule has 0 amide bonds. The van der Waals surface area contributed by atoms with Gasteiger partial charge in [-0.1, -0.05) is 17.7 Å². The summed E-state index contributed by atoms with van der Waals surface area (Å²) in [6.45, 7) is 3.98. The number of azo groups is 1. The molecule has 0 radical (unpaired) electrons. The van der Waals surface area contributed by atoms with E-state index in [2.05, 4.69) is 15.2 Å². The summed E-state index contributed by atoms with van der Waals surface area (Å²) in [5, 5.41) is 8.20. The standard InChI is InChI=1S/C12H14N4/c1-9-4-6-11(7-5-9)14-15-12-8-16(3)10(2)13-12/h4-8H,1-3H3. The first-order valence-electron chi connectivity index (χ1n) is 5.13. The number of benzene rings is 1. The minimum atomic E-state index is 0.639. The molecule has 1 aromatic heterocycles. The van der Waals surface area contributed by atoms with Crippen LogP contribution in [-0.4, -0.2) is 9.55 Å². The van der Waals surface area contributed by atoms with Gasteiger partial charge in [-0.3, -0.25) is 0 Å². The van der Waals surface area contributed by atoms with Crippen molar-refractivity contribution < 1.29 is 0 Å². The largest absolute Gasteiger partial charge is 0.336 e. The Balaban J connectivity index is 2.17. The van der Waals surface area contributed by atoms with Crippen LogP contribution >= 0.6 is 0 Å². The highest BCUT2D eigenvalue weighted by atomic mass is 15.2. The van der Waals surface area contributed by atoms with E-state index in [0.717, 1.165) is 11.5 Å². The van der Waals surface area contributed by atoms with E-state index in [9.17, 15) is 0 Å². The van der Waals surface area contributed by atoms with Gasteiger partial charge >= 0.3 is 0 Å². The molecule has 0 saturated carbocycles. The monoisotopic (exact) mass is 214 g/mol. The number of imidazole rings is 1. The summed E-state index contributed by atoms with van der Waals surface area (Å²) in [7, 11) is 1.94. The Morgan fingerprint density at radius 1 is 1.06 bits per heavy atom. The van der Waals surface area contributed by atoms with Crippen molar-refractivity contribution in [3.63, 3.8) is 0 Å². The summed E-state index contributed by atoms with van der Waals surface area (Å²) in [6.07, 6.45) is 1.85. The average molecular weight is 214 g/mol. The minimum Gasteiger partial charge on any atom is -0.336 e.